The van der Waals surface area contributed by atoms with Crippen LogP contribution in [0.4, 0.5) is 0 Å². The molecule has 1 aliphatic rings. The van der Waals surface area contributed by atoms with Gasteiger partial charge in [0.15, 0.2) is 9.84 Å². The number of furan rings is 1. The van der Waals surface area contributed by atoms with Gasteiger partial charge in [-0.1, -0.05) is 60.1 Å². The normalized spacial score (nSPS) is 17.7. The fourth-order valence-corrected chi connectivity index (χ4v) is 6.45. The number of fused-ring (bicyclic) bond motifs is 3. The van der Waals surface area contributed by atoms with E-state index in [4.69, 9.17) is 16.0 Å². The predicted molar refractivity (Wildman–Crippen MR) is 126 cm³/mol. The van der Waals surface area contributed by atoms with Crippen molar-refractivity contribution in [2.24, 2.45) is 0 Å². The van der Waals surface area contributed by atoms with Crippen LogP contribution in [0, 0.1) is 0 Å². The molecule has 1 unspecified atom stereocenters. The Hall–Kier alpha value is -2.83. The number of hydrogen-bond acceptors (Lipinski definition) is 4. The van der Waals surface area contributed by atoms with Crippen molar-refractivity contribution in [3.05, 3.63) is 83.1 Å². The van der Waals surface area contributed by atoms with Crippen LogP contribution in [0.15, 0.2) is 71.3 Å². The summed E-state index contributed by atoms with van der Waals surface area (Å²) < 4.78 is 30.0. The molecule has 1 saturated heterocycles. The molecule has 0 spiro atoms. The predicted octanol–water partition coefficient (Wildman–Crippen LogP) is 5.00. The molecule has 5 rings (SSSR count). The van der Waals surface area contributed by atoms with Gasteiger partial charge in [0.1, 0.15) is 5.58 Å². The summed E-state index contributed by atoms with van der Waals surface area (Å²) in [5.41, 5.74) is 2.33. The smallest absolute Gasteiger partial charge is 0.227 e. The van der Waals surface area contributed by atoms with E-state index in [-0.39, 0.29) is 36.4 Å². The molecule has 1 atom stereocenters. The number of rotatable bonds is 5. The van der Waals surface area contributed by atoms with E-state index in [1.807, 2.05) is 54.6 Å². The maximum atomic E-state index is 13.6. The van der Waals surface area contributed by atoms with Gasteiger partial charge in [0.2, 0.25) is 5.91 Å². The average molecular weight is 468 g/mol. The van der Waals surface area contributed by atoms with Crippen LogP contribution in [0.2, 0.25) is 5.02 Å². The summed E-state index contributed by atoms with van der Waals surface area (Å²) in [5.74, 6) is -0.0516. The van der Waals surface area contributed by atoms with E-state index in [0.717, 1.165) is 32.9 Å². The van der Waals surface area contributed by atoms with Gasteiger partial charge in [0, 0.05) is 28.6 Å². The van der Waals surface area contributed by atoms with Crippen molar-refractivity contribution in [3.63, 3.8) is 0 Å². The van der Waals surface area contributed by atoms with Gasteiger partial charge >= 0.3 is 0 Å². The number of carbonyl (C=O) groups is 1. The van der Waals surface area contributed by atoms with Crippen molar-refractivity contribution >= 4 is 49.1 Å². The van der Waals surface area contributed by atoms with Crippen molar-refractivity contribution in [3.8, 4) is 0 Å². The van der Waals surface area contributed by atoms with E-state index in [1.54, 1.807) is 17.2 Å². The number of sulfone groups is 1. The lowest BCUT2D eigenvalue weighted by Gasteiger charge is -2.29. The third-order valence-corrected chi connectivity index (χ3v) is 8.27. The monoisotopic (exact) mass is 467 g/mol. The molecule has 5 nitrogen and oxygen atoms in total. The summed E-state index contributed by atoms with van der Waals surface area (Å²) in [7, 11) is -3.15. The Morgan fingerprint density at radius 2 is 1.81 bits per heavy atom. The molecule has 0 bridgehead atoms. The second-order valence-electron chi connectivity index (χ2n) is 8.27. The van der Waals surface area contributed by atoms with E-state index in [1.165, 1.54) is 0 Å². The highest BCUT2D eigenvalue weighted by atomic mass is 35.5. The zero-order chi connectivity index (χ0) is 22.3. The molecule has 0 aliphatic carbocycles. The summed E-state index contributed by atoms with van der Waals surface area (Å²) in [4.78, 5) is 15.2. The van der Waals surface area contributed by atoms with Crippen molar-refractivity contribution in [1.29, 1.82) is 0 Å². The molecule has 1 aromatic heterocycles. The van der Waals surface area contributed by atoms with Crippen LogP contribution in [0.5, 0.6) is 0 Å². The van der Waals surface area contributed by atoms with Crippen LogP contribution in [-0.2, 0) is 27.6 Å². The Balaban J connectivity index is 1.50. The number of carbonyl (C=O) groups excluding carboxylic acids is 1. The van der Waals surface area contributed by atoms with Gasteiger partial charge in [-0.2, -0.15) is 0 Å². The summed E-state index contributed by atoms with van der Waals surface area (Å²) >= 11 is 6.35. The minimum Gasteiger partial charge on any atom is -0.464 e. The highest BCUT2D eigenvalue weighted by Gasteiger charge is 2.35. The molecule has 4 aromatic rings. The molecule has 0 radical (unpaired) electrons. The number of nitrogens with zero attached hydrogens (tertiary/aromatic N) is 1. The number of halogens is 1. The summed E-state index contributed by atoms with van der Waals surface area (Å²) in [6.45, 7) is 0.273. The summed E-state index contributed by atoms with van der Waals surface area (Å²) in [6, 6.07) is 18.9. The maximum Gasteiger partial charge on any atom is 0.227 e. The van der Waals surface area contributed by atoms with Crippen molar-refractivity contribution in [2.75, 3.05) is 11.5 Å². The highest BCUT2D eigenvalue weighted by Crippen LogP contribution is 2.31. The van der Waals surface area contributed by atoms with Gasteiger partial charge in [-0.05, 0) is 34.9 Å². The van der Waals surface area contributed by atoms with Gasteiger partial charge in [0.05, 0.1) is 24.2 Å². The van der Waals surface area contributed by atoms with Gasteiger partial charge in [0.25, 0.3) is 0 Å². The first kappa shape index (κ1) is 21.0. The van der Waals surface area contributed by atoms with Crippen LogP contribution in [0.25, 0.3) is 21.7 Å². The standard InChI is InChI=1S/C25H22ClNO4S/c26-22-8-4-2-6-18(22)14-27(20-11-12-32(29,30)16-20)24(28)13-19-15-31-23-10-9-17-5-1-3-7-21(17)25(19)23/h1-10,15,20H,11-14,16H2. The molecule has 0 N–H and O–H groups in total. The summed E-state index contributed by atoms with van der Waals surface area (Å²) in [5, 5.41) is 3.59. The van der Waals surface area contributed by atoms with E-state index in [0.29, 0.717) is 11.4 Å². The van der Waals surface area contributed by atoms with Crippen molar-refractivity contribution in [1.82, 2.24) is 4.90 Å². The van der Waals surface area contributed by atoms with Crippen molar-refractivity contribution < 1.29 is 17.6 Å². The maximum absolute atomic E-state index is 13.6. The van der Waals surface area contributed by atoms with Crippen molar-refractivity contribution in [2.45, 2.75) is 25.4 Å². The fraction of sp³-hybridized carbons (Fsp3) is 0.240. The van der Waals surface area contributed by atoms with Gasteiger partial charge in [-0.15, -0.1) is 0 Å². The summed E-state index contributed by atoms with van der Waals surface area (Å²) in [6.07, 6.45) is 2.20. The highest BCUT2D eigenvalue weighted by molar-refractivity contribution is 7.91. The van der Waals surface area contributed by atoms with Crippen LogP contribution in [-0.4, -0.2) is 36.8 Å². The zero-order valence-corrected chi connectivity index (χ0v) is 18.9. The van der Waals surface area contributed by atoms with E-state index in [2.05, 4.69) is 0 Å². The third kappa shape index (κ3) is 4.00. The molecule has 32 heavy (non-hydrogen) atoms. The van der Waals surface area contributed by atoms with Gasteiger partial charge in [-0.3, -0.25) is 4.79 Å². The first-order chi connectivity index (χ1) is 15.4. The van der Waals surface area contributed by atoms with Crippen LogP contribution in [0.1, 0.15) is 17.5 Å². The molecular formula is C25H22ClNO4S. The Kier molecular flexibility index (Phi) is 5.43. The quantitative estimate of drug-likeness (QED) is 0.414. The molecule has 7 heteroatoms. The Morgan fingerprint density at radius 3 is 2.59 bits per heavy atom. The fourth-order valence-electron chi connectivity index (χ4n) is 4.52. The molecule has 1 aliphatic heterocycles. The molecule has 1 fully saturated rings. The van der Waals surface area contributed by atoms with Crippen LogP contribution in [0.3, 0.4) is 0 Å². The molecule has 0 saturated carbocycles. The number of benzene rings is 3. The first-order valence-electron chi connectivity index (χ1n) is 10.5. The molecule has 2 heterocycles. The Morgan fingerprint density at radius 1 is 1.03 bits per heavy atom. The average Bonchev–Trinajstić information content (AvgIpc) is 3.36. The SMILES string of the molecule is O=C(Cc1coc2ccc3ccccc3c12)N(Cc1ccccc1Cl)C1CCS(=O)(=O)C1. The van der Waals surface area contributed by atoms with Gasteiger partial charge < -0.3 is 9.32 Å². The Labute approximate surface area is 191 Å². The van der Waals surface area contributed by atoms with Crippen LogP contribution >= 0.6 is 11.6 Å². The Bertz CT molecular complexity index is 1430. The topological polar surface area (TPSA) is 67.6 Å². The zero-order valence-electron chi connectivity index (χ0n) is 17.3. The minimum atomic E-state index is -3.15. The van der Waals surface area contributed by atoms with E-state index >= 15 is 0 Å². The lowest BCUT2D eigenvalue weighted by atomic mass is 10.0. The molecule has 1 amide bonds. The second-order valence-corrected chi connectivity index (χ2v) is 10.9. The minimum absolute atomic E-state index is 0.0156. The van der Waals surface area contributed by atoms with Crippen LogP contribution < -0.4 is 0 Å². The largest absolute Gasteiger partial charge is 0.464 e. The molecule has 3 aromatic carbocycles. The lowest BCUT2D eigenvalue weighted by Crippen LogP contribution is -2.41. The van der Waals surface area contributed by atoms with E-state index < -0.39 is 9.84 Å². The van der Waals surface area contributed by atoms with Gasteiger partial charge in [-0.25, -0.2) is 8.42 Å². The number of amides is 1. The molecule has 164 valence electrons. The van der Waals surface area contributed by atoms with E-state index in [9.17, 15) is 13.2 Å². The number of hydrogen-bond donors (Lipinski definition) is 0. The second kappa shape index (κ2) is 8.26. The lowest BCUT2D eigenvalue weighted by molar-refractivity contribution is -0.133. The first-order valence-corrected chi connectivity index (χ1v) is 12.7. The third-order valence-electron chi connectivity index (χ3n) is 6.15. The molecular weight excluding hydrogens is 446 g/mol.